The third-order valence-corrected chi connectivity index (χ3v) is 3.58. The molecule has 0 radical (unpaired) electrons. The molecule has 1 N–H and O–H groups in total. The van der Waals surface area contributed by atoms with Crippen molar-refractivity contribution in [3.63, 3.8) is 0 Å². The highest BCUT2D eigenvalue weighted by Crippen LogP contribution is 2.25. The first-order valence-electron chi connectivity index (χ1n) is 5.48. The molecular weight excluding hydrogens is 256 g/mol. The van der Waals surface area contributed by atoms with Crippen LogP contribution in [-0.2, 0) is 0 Å². The van der Waals surface area contributed by atoms with Crippen molar-refractivity contribution in [3.8, 4) is 0 Å². The van der Waals surface area contributed by atoms with Crippen molar-refractivity contribution in [2.24, 2.45) is 0 Å². The van der Waals surface area contributed by atoms with Crippen molar-refractivity contribution in [2.75, 3.05) is 13.1 Å². The summed E-state index contributed by atoms with van der Waals surface area (Å²) in [7, 11) is 0. The summed E-state index contributed by atoms with van der Waals surface area (Å²) in [6.07, 6.45) is 2.34. The summed E-state index contributed by atoms with van der Waals surface area (Å²) >= 11 is 1.25. The van der Waals surface area contributed by atoms with Crippen LogP contribution in [0, 0.1) is 0 Å². The van der Waals surface area contributed by atoms with Crippen LogP contribution in [0.4, 0.5) is 0 Å². The third kappa shape index (κ3) is 1.94. The Labute approximate surface area is 106 Å². The number of carbonyl (C=O) groups is 1. The van der Waals surface area contributed by atoms with Crippen LogP contribution in [0.15, 0.2) is 20.9 Å². The molecule has 1 aliphatic rings. The molecule has 1 aliphatic heterocycles. The molecule has 1 saturated heterocycles. The fraction of sp³-hybridized carbons (Fsp3) is 0.400. The zero-order valence-corrected chi connectivity index (χ0v) is 10.1. The Morgan fingerprint density at radius 2 is 2.50 bits per heavy atom. The fourth-order valence-electron chi connectivity index (χ4n) is 2.08. The molecule has 0 aliphatic carbocycles. The summed E-state index contributed by atoms with van der Waals surface area (Å²) in [5.74, 6) is -0.0420. The van der Waals surface area contributed by atoms with Crippen LogP contribution in [0.2, 0.25) is 0 Å². The summed E-state index contributed by atoms with van der Waals surface area (Å²) in [6, 6.07) is 0. The zero-order chi connectivity index (χ0) is 12.5. The van der Waals surface area contributed by atoms with Gasteiger partial charge < -0.3 is 4.90 Å². The van der Waals surface area contributed by atoms with Crippen molar-refractivity contribution in [2.45, 2.75) is 12.3 Å². The standard InChI is InChI=1S/C10H10N4O3S/c15-9(7-3-11-18-5-7)14-2-1-6(4-14)8-12-10(16)17-13-8/h3,5-6H,1-2,4H2,(H,12,13,16). The number of hydrogen-bond acceptors (Lipinski definition) is 6. The Balaban J connectivity index is 1.72. The van der Waals surface area contributed by atoms with Crippen molar-refractivity contribution in [1.82, 2.24) is 19.4 Å². The van der Waals surface area contributed by atoms with E-state index in [0.717, 1.165) is 6.42 Å². The molecule has 2 aromatic heterocycles. The lowest BCUT2D eigenvalue weighted by Crippen LogP contribution is -2.28. The molecule has 1 fully saturated rings. The summed E-state index contributed by atoms with van der Waals surface area (Å²) in [5, 5.41) is 5.39. The average Bonchev–Trinajstić information content (AvgIpc) is 3.09. The van der Waals surface area contributed by atoms with E-state index in [4.69, 9.17) is 0 Å². The number of carbonyl (C=O) groups excluding carboxylic acids is 1. The number of nitrogens with one attached hydrogen (secondary N) is 1. The molecule has 0 spiro atoms. The number of aromatic nitrogens is 3. The average molecular weight is 266 g/mol. The maximum Gasteiger partial charge on any atom is 0.438 e. The minimum absolute atomic E-state index is 0.0305. The van der Waals surface area contributed by atoms with Crippen LogP contribution in [0.3, 0.4) is 0 Å². The predicted molar refractivity (Wildman–Crippen MR) is 62.5 cm³/mol. The summed E-state index contributed by atoms with van der Waals surface area (Å²) in [4.78, 5) is 27.2. The highest BCUT2D eigenvalue weighted by Gasteiger charge is 2.30. The van der Waals surface area contributed by atoms with Crippen LogP contribution < -0.4 is 5.76 Å². The molecule has 1 unspecified atom stereocenters. The molecule has 94 valence electrons. The van der Waals surface area contributed by atoms with Crippen LogP contribution in [0.1, 0.15) is 28.5 Å². The monoisotopic (exact) mass is 266 g/mol. The molecular formula is C10H10N4O3S. The lowest BCUT2D eigenvalue weighted by atomic mass is 10.1. The minimum atomic E-state index is -0.559. The Morgan fingerprint density at radius 1 is 1.61 bits per heavy atom. The largest absolute Gasteiger partial charge is 0.438 e. The second kappa shape index (κ2) is 4.37. The Hall–Kier alpha value is -1.96. The van der Waals surface area contributed by atoms with Gasteiger partial charge in [-0.3, -0.25) is 14.3 Å². The SMILES string of the molecule is O=C(c1cnsc1)N1CCC(c2noc(=O)[nH]2)C1. The highest BCUT2D eigenvalue weighted by atomic mass is 32.1. The molecule has 0 saturated carbocycles. The maximum absolute atomic E-state index is 12.1. The number of amides is 1. The zero-order valence-electron chi connectivity index (χ0n) is 9.33. The van der Waals surface area contributed by atoms with E-state index < -0.39 is 5.76 Å². The Morgan fingerprint density at radius 3 is 3.17 bits per heavy atom. The lowest BCUT2D eigenvalue weighted by Gasteiger charge is -2.14. The van der Waals surface area contributed by atoms with Gasteiger partial charge in [-0.25, -0.2) is 9.17 Å². The number of aromatic amines is 1. The van der Waals surface area contributed by atoms with Gasteiger partial charge in [0.2, 0.25) is 0 Å². The Kier molecular flexibility index (Phi) is 2.71. The second-order valence-electron chi connectivity index (χ2n) is 4.13. The highest BCUT2D eigenvalue weighted by molar-refractivity contribution is 7.03. The van der Waals surface area contributed by atoms with Gasteiger partial charge in [0.1, 0.15) is 0 Å². The van der Waals surface area contributed by atoms with Gasteiger partial charge in [-0.1, -0.05) is 5.16 Å². The first kappa shape index (κ1) is 11.1. The van der Waals surface area contributed by atoms with E-state index in [-0.39, 0.29) is 11.8 Å². The number of likely N-dealkylation sites (tertiary alicyclic amines) is 1. The number of hydrogen-bond donors (Lipinski definition) is 1. The molecule has 0 aromatic carbocycles. The van der Waals surface area contributed by atoms with E-state index in [1.165, 1.54) is 11.5 Å². The molecule has 3 rings (SSSR count). The van der Waals surface area contributed by atoms with Crippen LogP contribution >= 0.6 is 11.5 Å². The topological polar surface area (TPSA) is 92.1 Å². The normalized spacial score (nSPS) is 19.3. The fourth-order valence-corrected chi connectivity index (χ4v) is 2.59. The Bertz CT molecular complexity index is 603. The van der Waals surface area contributed by atoms with Gasteiger partial charge in [0, 0.05) is 24.4 Å². The number of nitrogens with zero attached hydrogens (tertiary/aromatic N) is 3. The van der Waals surface area contributed by atoms with E-state index in [1.54, 1.807) is 16.5 Å². The molecule has 2 aromatic rings. The number of H-pyrrole nitrogens is 1. The van der Waals surface area contributed by atoms with E-state index in [2.05, 4.69) is 19.0 Å². The first-order chi connectivity index (χ1) is 8.74. The summed E-state index contributed by atoms with van der Waals surface area (Å²) in [6.45, 7) is 1.19. The van der Waals surface area contributed by atoms with Crippen molar-refractivity contribution in [3.05, 3.63) is 33.5 Å². The van der Waals surface area contributed by atoms with Crippen molar-refractivity contribution >= 4 is 17.4 Å². The van der Waals surface area contributed by atoms with Crippen LogP contribution in [-0.4, -0.2) is 38.4 Å². The number of rotatable bonds is 2. The molecule has 7 nitrogen and oxygen atoms in total. The maximum atomic E-state index is 12.1. The van der Waals surface area contributed by atoms with Crippen LogP contribution in [0.5, 0.6) is 0 Å². The molecule has 18 heavy (non-hydrogen) atoms. The lowest BCUT2D eigenvalue weighted by molar-refractivity contribution is 0.0790. The van der Waals surface area contributed by atoms with Gasteiger partial charge in [0.05, 0.1) is 11.8 Å². The van der Waals surface area contributed by atoms with Gasteiger partial charge in [-0.05, 0) is 18.0 Å². The second-order valence-corrected chi connectivity index (χ2v) is 4.79. The first-order valence-corrected chi connectivity index (χ1v) is 6.32. The van der Waals surface area contributed by atoms with Crippen LogP contribution in [0.25, 0.3) is 0 Å². The van der Waals surface area contributed by atoms with Gasteiger partial charge in [0.15, 0.2) is 5.82 Å². The summed E-state index contributed by atoms with van der Waals surface area (Å²) < 4.78 is 8.39. The molecule has 1 amide bonds. The summed E-state index contributed by atoms with van der Waals surface area (Å²) in [5.41, 5.74) is 0.606. The van der Waals surface area contributed by atoms with Gasteiger partial charge in [-0.2, -0.15) is 0 Å². The van der Waals surface area contributed by atoms with Gasteiger partial charge in [0.25, 0.3) is 5.91 Å². The molecule has 1 atom stereocenters. The van der Waals surface area contributed by atoms with Gasteiger partial charge in [-0.15, -0.1) is 0 Å². The quantitative estimate of drug-likeness (QED) is 0.852. The van der Waals surface area contributed by atoms with E-state index in [1.807, 2.05) is 0 Å². The predicted octanol–water partition coefficient (Wildman–Crippen LogP) is 0.449. The molecule has 0 bridgehead atoms. The smallest absolute Gasteiger partial charge is 0.338 e. The molecule has 3 heterocycles. The minimum Gasteiger partial charge on any atom is -0.338 e. The third-order valence-electron chi connectivity index (χ3n) is 3.00. The van der Waals surface area contributed by atoms with E-state index in [9.17, 15) is 9.59 Å². The molecule has 8 heteroatoms. The van der Waals surface area contributed by atoms with E-state index >= 15 is 0 Å². The van der Waals surface area contributed by atoms with Crippen molar-refractivity contribution < 1.29 is 9.32 Å². The van der Waals surface area contributed by atoms with Gasteiger partial charge >= 0.3 is 5.76 Å². The van der Waals surface area contributed by atoms with E-state index in [0.29, 0.717) is 24.5 Å². The van der Waals surface area contributed by atoms with Crippen molar-refractivity contribution in [1.29, 1.82) is 0 Å².